The van der Waals surface area contributed by atoms with Gasteiger partial charge in [0.1, 0.15) is 23.4 Å². The van der Waals surface area contributed by atoms with Crippen LogP contribution >= 0.6 is 11.6 Å². The summed E-state index contributed by atoms with van der Waals surface area (Å²) in [6.07, 6.45) is 0.394. The summed E-state index contributed by atoms with van der Waals surface area (Å²) < 4.78 is 16.0. The summed E-state index contributed by atoms with van der Waals surface area (Å²) in [5.41, 5.74) is -0.816. The molecule has 0 aliphatic carbocycles. The van der Waals surface area contributed by atoms with E-state index in [0.29, 0.717) is 37.4 Å². The quantitative estimate of drug-likeness (QED) is 0.717. The lowest BCUT2D eigenvalue weighted by Crippen LogP contribution is -2.42. The van der Waals surface area contributed by atoms with Crippen LogP contribution in [0.25, 0.3) is 0 Å². The van der Waals surface area contributed by atoms with E-state index in [1.165, 1.54) is 0 Å². The van der Waals surface area contributed by atoms with Gasteiger partial charge in [-0.05, 0) is 36.4 Å². The van der Waals surface area contributed by atoms with E-state index >= 15 is 0 Å². The number of para-hydroxylation sites is 1. The molecule has 6 nitrogen and oxygen atoms in total. The molecule has 1 fully saturated rings. The number of carbonyl (C=O) groups is 2. The molecular weight excluding hydrogens is 358 g/mol. The van der Waals surface area contributed by atoms with Crippen molar-refractivity contribution in [3.63, 3.8) is 0 Å². The number of hydrogen-bond donors (Lipinski definition) is 0. The van der Waals surface area contributed by atoms with Crippen LogP contribution in [-0.2, 0) is 4.74 Å². The van der Waals surface area contributed by atoms with Gasteiger partial charge in [-0.1, -0.05) is 18.2 Å². The van der Waals surface area contributed by atoms with Gasteiger partial charge >= 0.3 is 11.5 Å². The Morgan fingerprint density at radius 1 is 0.885 bits per heavy atom. The van der Waals surface area contributed by atoms with Crippen molar-refractivity contribution in [1.29, 1.82) is 0 Å². The van der Waals surface area contributed by atoms with Gasteiger partial charge in [0.15, 0.2) is 0 Å². The number of carbonyl (C=O) groups excluding carboxylic acids is 2. The fraction of sp³-hybridized carbons (Fsp3) is 0.263. The maximum Gasteiger partial charge on any atom is 0.415 e. The molecule has 1 amide bonds. The predicted octanol–water partition coefficient (Wildman–Crippen LogP) is 4.82. The maximum absolute atomic E-state index is 12.2. The molecule has 0 unspecified atom stereocenters. The second kappa shape index (κ2) is 8.58. The summed E-state index contributed by atoms with van der Waals surface area (Å²) in [7, 11) is 0. The molecule has 0 atom stereocenters. The number of piperidine rings is 1. The number of rotatable bonds is 4. The third-order valence-electron chi connectivity index (χ3n) is 3.97. The fourth-order valence-electron chi connectivity index (χ4n) is 2.65. The fourth-order valence-corrected chi connectivity index (χ4v) is 2.78. The molecule has 2 aromatic carbocycles. The van der Waals surface area contributed by atoms with Crippen LogP contribution < -0.4 is 9.47 Å². The summed E-state index contributed by atoms with van der Waals surface area (Å²) in [5, 5.41) is 0. The number of halogens is 1. The number of hydrogen-bond acceptors (Lipinski definition) is 5. The normalized spacial score (nSPS) is 14.6. The second-order valence-electron chi connectivity index (χ2n) is 5.80. The van der Waals surface area contributed by atoms with E-state index < -0.39 is 11.5 Å². The lowest BCUT2D eigenvalue weighted by atomic mass is 10.1. The van der Waals surface area contributed by atoms with Crippen LogP contribution in [-0.4, -0.2) is 35.6 Å². The number of benzene rings is 2. The predicted molar refractivity (Wildman–Crippen MR) is 95.9 cm³/mol. The van der Waals surface area contributed by atoms with Crippen LogP contribution in [0, 0.1) is 0 Å². The Hall–Kier alpha value is -2.73. The van der Waals surface area contributed by atoms with Crippen molar-refractivity contribution in [2.45, 2.75) is 18.9 Å². The highest BCUT2D eigenvalue weighted by molar-refractivity contribution is 6.61. The first-order valence-electron chi connectivity index (χ1n) is 8.26. The monoisotopic (exact) mass is 375 g/mol. The van der Waals surface area contributed by atoms with Crippen LogP contribution in [0.15, 0.2) is 54.6 Å². The summed E-state index contributed by atoms with van der Waals surface area (Å²) in [6, 6.07) is 16.3. The van der Waals surface area contributed by atoms with Gasteiger partial charge in [0.05, 0.1) is 0 Å². The van der Waals surface area contributed by atoms with Gasteiger partial charge in [-0.15, -0.1) is 0 Å². The molecule has 7 heteroatoms. The average molecular weight is 376 g/mol. The van der Waals surface area contributed by atoms with E-state index in [1.807, 2.05) is 30.3 Å². The third kappa shape index (κ3) is 5.13. The first-order valence-corrected chi connectivity index (χ1v) is 8.64. The Kier molecular flexibility index (Phi) is 5.96. The largest absolute Gasteiger partial charge is 0.457 e. The average Bonchev–Trinajstić information content (AvgIpc) is 2.64. The van der Waals surface area contributed by atoms with Crippen LogP contribution in [0.2, 0.25) is 0 Å². The molecule has 1 saturated heterocycles. The summed E-state index contributed by atoms with van der Waals surface area (Å²) in [5.74, 6) is 1.82. The summed E-state index contributed by atoms with van der Waals surface area (Å²) in [4.78, 5) is 24.5. The lowest BCUT2D eigenvalue weighted by molar-refractivity contribution is 0.0658. The molecule has 0 bridgehead atoms. The minimum absolute atomic E-state index is 0.251. The Labute approximate surface area is 156 Å². The molecule has 2 aromatic rings. The Morgan fingerprint density at radius 3 is 2.08 bits per heavy atom. The van der Waals surface area contributed by atoms with E-state index in [2.05, 4.69) is 0 Å². The van der Waals surface area contributed by atoms with E-state index in [1.54, 1.807) is 29.2 Å². The molecule has 0 saturated carbocycles. The zero-order valence-corrected chi connectivity index (χ0v) is 14.7. The summed E-state index contributed by atoms with van der Waals surface area (Å²) in [6.45, 7) is 0.895. The zero-order valence-electron chi connectivity index (χ0n) is 14.0. The van der Waals surface area contributed by atoms with Gasteiger partial charge in [0, 0.05) is 37.5 Å². The topological polar surface area (TPSA) is 65.1 Å². The Morgan fingerprint density at radius 2 is 1.46 bits per heavy atom. The van der Waals surface area contributed by atoms with Crippen molar-refractivity contribution in [1.82, 2.24) is 4.90 Å². The van der Waals surface area contributed by atoms with Crippen molar-refractivity contribution < 1.29 is 23.8 Å². The standard InChI is InChI=1S/C19H18ClNO5/c20-18(22)25-17-10-12-21(13-11-17)19(23)26-16-8-6-15(7-9-16)24-14-4-2-1-3-5-14/h1-9,17H,10-13H2. The SMILES string of the molecule is O=C(Cl)OC1CCN(C(=O)Oc2ccc(Oc3ccccc3)cc2)CC1. The number of amides is 1. The minimum Gasteiger partial charge on any atom is -0.457 e. The molecule has 1 aliphatic rings. The Balaban J connectivity index is 1.49. The van der Waals surface area contributed by atoms with Gasteiger partial charge in [0.25, 0.3) is 0 Å². The molecule has 136 valence electrons. The smallest absolute Gasteiger partial charge is 0.415 e. The van der Waals surface area contributed by atoms with Gasteiger partial charge in [0.2, 0.25) is 0 Å². The first-order chi connectivity index (χ1) is 12.6. The Bertz CT molecular complexity index is 742. The van der Waals surface area contributed by atoms with Crippen molar-refractivity contribution in [2.24, 2.45) is 0 Å². The molecule has 26 heavy (non-hydrogen) atoms. The highest BCUT2D eigenvalue weighted by atomic mass is 35.5. The molecule has 0 spiro atoms. The number of ether oxygens (including phenoxy) is 3. The van der Waals surface area contributed by atoms with Crippen molar-refractivity contribution >= 4 is 23.1 Å². The van der Waals surface area contributed by atoms with Gasteiger partial charge in [-0.25, -0.2) is 9.59 Å². The first kappa shape index (κ1) is 18.1. The summed E-state index contributed by atoms with van der Waals surface area (Å²) >= 11 is 5.20. The highest BCUT2D eigenvalue weighted by Gasteiger charge is 2.26. The molecule has 3 rings (SSSR count). The molecule has 1 heterocycles. The van der Waals surface area contributed by atoms with Crippen molar-refractivity contribution in [2.75, 3.05) is 13.1 Å². The van der Waals surface area contributed by atoms with Gasteiger partial charge < -0.3 is 19.1 Å². The van der Waals surface area contributed by atoms with Crippen molar-refractivity contribution in [3.8, 4) is 17.2 Å². The number of nitrogens with zero attached hydrogens (tertiary/aromatic N) is 1. The van der Waals surface area contributed by atoms with Crippen LogP contribution in [0.4, 0.5) is 9.59 Å². The van der Waals surface area contributed by atoms with Crippen molar-refractivity contribution in [3.05, 3.63) is 54.6 Å². The second-order valence-corrected chi connectivity index (χ2v) is 6.10. The van der Waals surface area contributed by atoms with E-state index in [0.717, 1.165) is 5.75 Å². The molecule has 1 aliphatic heterocycles. The highest BCUT2D eigenvalue weighted by Crippen LogP contribution is 2.24. The molecular formula is C19H18ClNO5. The molecule has 0 radical (unpaired) electrons. The zero-order chi connectivity index (χ0) is 18.4. The lowest BCUT2D eigenvalue weighted by Gasteiger charge is -2.30. The molecule has 0 aromatic heterocycles. The number of likely N-dealkylation sites (tertiary alicyclic amines) is 1. The molecule has 0 N–H and O–H groups in total. The maximum atomic E-state index is 12.2. The van der Waals surface area contributed by atoms with Crippen LogP contribution in [0.5, 0.6) is 17.2 Å². The van der Waals surface area contributed by atoms with Crippen LogP contribution in [0.3, 0.4) is 0 Å². The van der Waals surface area contributed by atoms with E-state index in [4.69, 9.17) is 25.8 Å². The van der Waals surface area contributed by atoms with Crippen LogP contribution in [0.1, 0.15) is 12.8 Å². The third-order valence-corrected chi connectivity index (χ3v) is 4.06. The van der Waals surface area contributed by atoms with Gasteiger partial charge in [-0.2, -0.15) is 0 Å². The van der Waals surface area contributed by atoms with E-state index in [-0.39, 0.29) is 6.10 Å². The van der Waals surface area contributed by atoms with Gasteiger partial charge in [-0.3, -0.25) is 0 Å². The van der Waals surface area contributed by atoms with E-state index in [9.17, 15) is 9.59 Å². The minimum atomic E-state index is -0.816.